The molecular formula is C13H20N2O2S. The number of hydrogen-bond acceptors (Lipinski definition) is 4. The van der Waals surface area contributed by atoms with Gasteiger partial charge in [0, 0.05) is 35.4 Å². The maximum Gasteiger partial charge on any atom is 0.144 e. The zero-order valence-corrected chi connectivity index (χ0v) is 11.5. The molecule has 0 amide bonds. The Bertz CT molecular complexity index is 427. The Labute approximate surface area is 111 Å². The largest absolute Gasteiger partial charge is 0.491 e. The topological polar surface area (TPSA) is 55.6 Å². The van der Waals surface area contributed by atoms with Crippen molar-refractivity contribution < 1.29 is 8.95 Å². The minimum Gasteiger partial charge on any atom is -0.491 e. The maximum absolute atomic E-state index is 11.4. The van der Waals surface area contributed by atoms with Gasteiger partial charge in [-0.3, -0.25) is 4.21 Å². The van der Waals surface area contributed by atoms with E-state index < -0.39 is 10.8 Å². The van der Waals surface area contributed by atoms with E-state index >= 15 is 0 Å². The molecule has 0 aliphatic carbocycles. The van der Waals surface area contributed by atoms with E-state index in [1.54, 1.807) is 0 Å². The molecule has 4 nitrogen and oxygen atoms in total. The van der Waals surface area contributed by atoms with Crippen LogP contribution in [0.4, 0.5) is 11.4 Å². The highest BCUT2D eigenvalue weighted by Gasteiger charge is 2.18. The Morgan fingerprint density at radius 1 is 1.39 bits per heavy atom. The van der Waals surface area contributed by atoms with Crippen molar-refractivity contribution in [3.05, 3.63) is 18.2 Å². The number of benzene rings is 1. The average molecular weight is 268 g/mol. The van der Waals surface area contributed by atoms with E-state index in [0.717, 1.165) is 42.5 Å². The van der Waals surface area contributed by atoms with Gasteiger partial charge in [-0.05, 0) is 18.6 Å². The van der Waals surface area contributed by atoms with Crippen LogP contribution in [0.5, 0.6) is 5.75 Å². The Hall–Kier alpha value is -1.23. The summed E-state index contributed by atoms with van der Waals surface area (Å²) in [6.07, 6.45) is 0.965. The quantitative estimate of drug-likeness (QED) is 0.843. The third-order valence-electron chi connectivity index (χ3n) is 3.02. The van der Waals surface area contributed by atoms with Gasteiger partial charge in [-0.15, -0.1) is 0 Å². The van der Waals surface area contributed by atoms with Crippen molar-refractivity contribution in [2.24, 2.45) is 0 Å². The van der Waals surface area contributed by atoms with E-state index in [-0.39, 0.29) is 0 Å². The van der Waals surface area contributed by atoms with Crippen molar-refractivity contribution in [1.29, 1.82) is 0 Å². The molecule has 0 unspecified atom stereocenters. The van der Waals surface area contributed by atoms with E-state index in [1.165, 1.54) is 0 Å². The predicted molar refractivity (Wildman–Crippen MR) is 76.7 cm³/mol. The molecule has 0 atom stereocenters. The lowest BCUT2D eigenvalue weighted by atomic mass is 10.2. The number of rotatable bonds is 4. The van der Waals surface area contributed by atoms with Gasteiger partial charge in [0.05, 0.1) is 18.0 Å². The van der Waals surface area contributed by atoms with Crippen molar-refractivity contribution in [2.45, 2.75) is 13.3 Å². The molecule has 0 bridgehead atoms. The zero-order valence-electron chi connectivity index (χ0n) is 10.7. The summed E-state index contributed by atoms with van der Waals surface area (Å²) in [6, 6.07) is 5.86. The molecular weight excluding hydrogens is 248 g/mol. The van der Waals surface area contributed by atoms with Crippen LogP contribution in [0.15, 0.2) is 18.2 Å². The van der Waals surface area contributed by atoms with Gasteiger partial charge in [0.2, 0.25) is 0 Å². The van der Waals surface area contributed by atoms with Crippen LogP contribution in [-0.4, -0.2) is 35.4 Å². The van der Waals surface area contributed by atoms with Crippen LogP contribution in [0.3, 0.4) is 0 Å². The van der Waals surface area contributed by atoms with Crippen LogP contribution in [0.1, 0.15) is 13.3 Å². The first-order chi connectivity index (χ1) is 8.72. The van der Waals surface area contributed by atoms with E-state index in [0.29, 0.717) is 12.3 Å². The molecule has 1 saturated heterocycles. The van der Waals surface area contributed by atoms with Gasteiger partial charge in [0.1, 0.15) is 5.75 Å². The van der Waals surface area contributed by atoms with Gasteiger partial charge in [0.15, 0.2) is 0 Å². The highest BCUT2D eigenvalue weighted by molar-refractivity contribution is 7.85. The maximum atomic E-state index is 11.4. The molecule has 0 spiro atoms. The second kappa shape index (κ2) is 6.09. The highest BCUT2D eigenvalue weighted by atomic mass is 32.2. The molecule has 0 radical (unpaired) electrons. The van der Waals surface area contributed by atoms with Crippen LogP contribution in [0.2, 0.25) is 0 Å². The first kappa shape index (κ1) is 13.2. The molecule has 1 aromatic rings. The van der Waals surface area contributed by atoms with Crippen molar-refractivity contribution >= 4 is 22.2 Å². The first-order valence-corrected chi connectivity index (χ1v) is 7.82. The van der Waals surface area contributed by atoms with E-state index in [2.05, 4.69) is 11.8 Å². The number of para-hydroxylation sites is 1. The molecule has 0 aromatic heterocycles. The van der Waals surface area contributed by atoms with Crippen LogP contribution in [-0.2, 0) is 10.8 Å². The van der Waals surface area contributed by atoms with Crippen LogP contribution in [0, 0.1) is 0 Å². The van der Waals surface area contributed by atoms with Crippen LogP contribution in [0.25, 0.3) is 0 Å². The Balaban J connectivity index is 2.15. The summed E-state index contributed by atoms with van der Waals surface area (Å²) < 4.78 is 17.0. The molecule has 1 heterocycles. The van der Waals surface area contributed by atoms with E-state index in [9.17, 15) is 4.21 Å². The molecule has 1 aliphatic heterocycles. The molecule has 1 fully saturated rings. The zero-order chi connectivity index (χ0) is 13.0. The smallest absolute Gasteiger partial charge is 0.144 e. The Morgan fingerprint density at radius 2 is 2.11 bits per heavy atom. The Kier molecular flexibility index (Phi) is 4.47. The number of nitrogens with two attached hydrogens (primary N) is 1. The minimum absolute atomic E-state index is 0.665. The fourth-order valence-corrected chi connectivity index (χ4v) is 3.08. The monoisotopic (exact) mass is 268 g/mol. The standard InChI is InChI=1S/C13H20N2O2S/c1-2-8-17-12-5-3-4-11(13(12)14)15-6-9-18(16)10-7-15/h3-5H,2,6-10,14H2,1H3. The summed E-state index contributed by atoms with van der Waals surface area (Å²) in [6.45, 7) is 4.35. The number of ether oxygens (including phenoxy) is 1. The number of nitrogens with zero attached hydrogens (tertiary/aromatic N) is 1. The SMILES string of the molecule is CCCOc1cccc(N2CCS(=O)CC2)c1N. The van der Waals surface area contributed by atoms with Gasteiger partial charge in [0.25, 0.3) is 0 Å². The first-order valence-electron chi connectivity index (χ1n) is 6.33. The number of anilines is 2. The normalized spacial score (nSPS) is 16.8. The van der Waals surface area contributed by atoms with Crippen molar-refractivity contribution in [3.63, 3.8) is 0 Å². The van der Waals surface area contributed by atoms with Gasteiger partial charge >= 0.3 is 0 Å². The minimum atomic E-state index is -0.665. The molecule has 2 N–H and O–H groups in total. The summed E-state index contributed by atoms with van der Waals surface area (Å²) >= 11 is 0. The second-order valence-electron chi connectivity index (χ2n) is 4.37. The fourth-order valence-electron chi connectivity index (χ4n) is 2.02. The molecule has 0 saturated carbocycles. The second-order valence-corrected chi connectivity index (χ2v) is 6.07. The number of hydrogen-bond donors (Lipinski definition) is 1. The highest BCUT2D eigenvalue weighted by Crippen LogP contribution is 2.32. The lowest BCUT2D eigenvalue weighted by Crippen LogP contribution is -2.38. The molecule has 100 valence electrons. The summed E-state index contributed by atoms with van der Waals surface area (Å²) in [5.74, 6) is 2.19. The van der Waals surface area contributed by atoms with Crippen LogP contribution < -0.4 is 15.4 Å². The van der Waals surface area contributed by atoms with Crippen molar-refractivity contribution in [2.75, 3.05) is 41.8 Å². The third kappa shape index (κ3) is 2.96. The van der Waals surface area contributed by atoms with Gasteiger partial charge in [-0.2, -0.15) is 0 Å². The molecule has 1 aromatic carbocycles. The summed E-state index contributed by atoms with van der Waals surface area (Å²) in [5, 5.41) is 0. The summed E-state index contributed by atoms with van der Waals surface area (Å²) in [4.78, 5) is 2.19. The van der Waals surface area contributed by atoms with E-state index in [1.807, 2.05) is 18.2 Å². The van der Waals surface area contributed by atoms with Gasteiger partial charge < -0.3 is 15.4 Å². The van der Waals surface area contributed by atoms with Crippen molar-refractivity contribution in [3.8, 4) is 5.75 Å². The predicted octanol–water partition coefficient (Wildman–Crippen LogP) is 1.63. The fraction of sp³-hybridized carbons (Fsp3) is 0.538. The molecule has 1 aliphatic rings. The van der Waals surface area contributed by atoms with E-state index in [4.69, 9.17) is 10.5 Å². The van der Waals surface area contributed by atoms with Gasteiger partial charge in [-0.25, -0.2) is 0 Å². The third-order valence-corrected chi connectivity index (χ3v) is 4.30. The molecule has 2 rings (SSSR count). The van der Waals surface area contributed by atoms with Gasteiger partial charge in [-0.1, -0.05) is 13.0 Å². The summed E-state index contributed by atoms with van der Waals surface area (Å²) in [7, 11) is -0.665. The molecule has 18 heavy (non-hydrogen) atoms. The van der Waals surface area contributed by atoms with Crippen LogP contribution >= 0.6 is 0 Å². The average Bonchev–Trinajstić information content (AvgIpc) is 2.39. The summed E-state index contributed by atoms with van der Waals surface area (Å²) in [5.41, 5.74) is 7.84. The Morgan fingerprint density at radius 3 is 2.78 bits per heavy atom. The lowest BCUT2D eigenvalue weighted by molar-refractivity contribution is 0.319. The molecule has 5 heteroatoms. The number of nitrogen functional groups attached to an aromatic ring is 1. The van der Waals surface area contributed by atoms with Crippen molar-refractivity contribution in [1.82, 2.24) is 0 Å². The lowest BCUT2D eigenvalue weighted by Gasteiger charge is -2.29.